The van der Waals surface area contributed by atoms with E-state index >= 15 is 0 Å². The number of allylic oxidation sites excluding steroid dienone is 5. The number of hydrogen-bond donors (Lipinski definition) is 4. The molecule has 1 aromatic heterocycles. The Morgan fingerprint density at radius 2 is 1.77 bits per heavy atom. The number of hydrogen-bond acceptors (Lipinski definition) is 6. The summed E-state index contributed by atoms with van der Waals surface area (Å²) in [6.45, 7) is 0. The van der Waals surface area contributed by atoms with Gasteiger partial charge in [-0.25, -0.2) is 4.79 Å². The Balaban J connectivity index is 0.00000225. The third kappa shape index (κ3) is 6.29. The number of anilines is 1. The van der Waals surface area contributed by atoms with E-state index in [1.165, 1.54) is 42.1 Å². The van der Waals surface area contributed by atoms with Crippen LogP contribution in [-0.4, -0.2) is 162 Å². The molecule has 30 heavy (non-hydrogen) atoms. The number of carbonyl (C=O) groups is 1. The van der Waals surface area contributed by atoms with E-state index in [9.17, 15) is 30.7 Å². The number of nitrogens with two attached hydrogens (primary N) is 1. The fourth-order valence-electron chi connectivity index (χ4n) is 2.83. The van der Waals surface area contributed by atoms with Crippen molar-refractivity contribution in [1.29, 1.82) is 0 Å². The zero-order valence-electron chi connectivity index (χ0n) is 14.4. The summed E-state index contributed by atoms with van der Waals surface area (Å²) in [5.41, 5.74) is 6.67. The SMILES string of the molecule is C[N+](C(=O)c1cc(N)c[nH]1)=C1C=CC2=CC(S(=O)(=O)O)=CC(S(=O)(=O)O)C2=C1.[KH].[KH]. The maximum absolute atomic E-state index is 12.5. The van der Waals surface area contributed by atoms with E-state index in [2.05, 4.69) is 4.98 Å². The molecule has 1 unspecified atom stereocenters. The van der Waals surface area contributed by atoms with Crippen molar-refractivity contribution in [1.82, 2.24) is 4.98 Å². The van der Waals surface area contributed by atoms with Crippen LogP contribution in [0.5, 0.6) is 0 Å². The van der Waals surface area contributed by atoms with Crippen molar-refractivity contribution in [2.75, 3.05) is 12.8 Å². The molecule has 10 nitrogen and oxygen atoms in total. The van der Waals surface area contributed by atoms with Crippen molar-refractivity contribution in [2.24, 2.45) is 0 Å². The molecule has 2 aliphatic carbocycles. The fourth-order valence-corrected chi connectivity index (χ4v) is 4.34. The van der Waals surface area contributed by atoms with Crippen molar-refractivity contribution >= 4 is 140 Å². The molecule has 14 heteroatoms. The number of fused-ring (bicyclic) bond motifs is 1. The monoisotopic (exact) mass is 506 g/mol. The predicted octanol–water partition coefficient (Wildman–Crippen LogP) is -1.01. The van der Waals surface area contributed by atoms with Crippen LogP contribution in [0.25, 0.3) is 0 Å². The topological polar surface area (TPSA) is 171 Å². The molecule has 0 fully saturated rings. The van der Waals surface area contributed by atoms with E-state index in [0.29, 0.717) is 11.4 Å². The molecule has 2 aliphatic rings. The number of amides is 1. The average Bonchev–Trinajstić information content (AvgIpc) is 3.03. The number of aromatic amines is 1. The van der Waals surface area contributed by atoms with Crippen LogP contribution in [0.4, 0.5) is 5.69 Å². The number of carbonyl (C=O) groups excluding carboxylic acids is 1. The van der Waals surface area contributed by atoms with Gasteiger partial charge in [0.2, 0.25) is 5.71 Å². The van der Waals surface area contributed by atoms with Gasteiger partial charge in [-0.3, -0.25) is 9.11 Å². The van der Waals surface area contributed by atoms with E-state index < -0.39 is 36.3 Å². The van der Waals surface area contributed by atoms with Gasteiger partial charge in [-0.1, -0.05) is 0 Å². The number of rotatable bonds is 3. The summed E-state index contributed by atoms with van der Waals surface area (Å²) in [5.74, 6) is -0.450. The van der Waals surface area contributed by atoms with Crippen molar-refractivity contribution < 1.29 is 35.3 Å². The number of nitrogens with zero attached hydrogens (tertiary/aromatic N) is 1. The van der Waals surface area contributed by atoms with Crippen LogP contribution < -0.4 is 5.73 Å². The summed E-state index contributed by atoms with van der Waals surface area (Å²) >= 11 is 0. The van der Waals surface area contributed by atoms with Gasteiger partial charge in [-0.2, -0.15) is 21.4 Å². The molecule has 152 valence electrons. The first-order chi connectivity index (χ1) is 12.9. The van der Waals surface area contributed by atoms with Crippen molar-refractivity contribution in [3.8, 4) is 0 Å². The number of nitrogen functional groups attached to an aromatic ring is 1. The summed E-state index contributed by atoms with van der Waals surface area (Å²) in [6, 6.07) is 1.44. The Hall–Kier alpha value is 0.473. The second kappa shape index (κ2) is 10.6. The zero-order valence-corrected chi connectivity index (χ0v) is 16.0. The molecule has 0 bridgehead atoms. The van der Waals surface area contributed by atoms with E-state index in [1.807, 2.05) is 0 Å². The van der Waals surface area contributed by atoms with Crippen LogP contribution in [0.1, 0.15) is 10.5 Å². The molecular weight excluding hydrogens is 489 g/mol. The first-order valence-corrected chi connectivity index (χ1v) is 10.7. The second-order valence-corrected chi connectivity index (χ2v) is 9.11. The second-order valence-electron chi connectivity index (χ2n) is 6.15. The number of H-pyrrole nitrogens is 1. The molecule has 1 heterocycles. The van der Waals surface area contributed by atoms with Gasteiger partial charge in [0.1, 0.15) is 12.3 Å². The zero-order chi connectivity index (χ0) is 20.9. The Bertz CT molecular complexity index is 1250. The van der Waals surface area contributed by atoms with Crippen LogP contribution in [0.2, 0.25) is 0 Å². The third-order valence-corrected chi connectivity index (χ3v) is 6.12. The molecule has 5 N–H and O–H groups in total. The van der Waals surface area contributed by atoms with Crippen molar-refractivity contribution in [3.05, 3.63) is 64.4 Å². The van der Waals surface area contributed by atoms with Gasteiger partial charge in [0.25, 0.3) is 20.2 Å². The van der Waals surface area contributed by atoms with Gasteiger partial charge in [0.05, 0.1) is 10.6 Å². The molecule has 0 saturated heterocycles. The van der Waals surface area contributed by atoms with Crippen LogP contribution in [0, 0.1) is 0 Å². The third-order valence-electron chi connectivity index (χ3n) is 4.24. The first kappa shape index (κ1) is 28.5. The Morgan fingerprint density at radius 3 is 2.27 bits per heavy atom. The van der Waals surface area contributed by atoms with E-state index in [1.54, 1.807) is 0 Å². The molecule has 0 spiro atoms. The molecule has 1 aromatic rings. The van der Waals surface area contributed by atoms with Gasteiger partial charge >= 0.3 is 109 Å². The van der Waals surface area contributed by atoms with Crippen LogP contribution in [-0.2, 0) is 20.2 Å². The minimum absolute atomic E-state index is 0. The van der Waals surface area contributed by atoms with Gasteiger partial charge in [-0.05, 0) is 35.4 Å². The number of aromatic nitrogens is 1. The normalized spacial score (nSPS) is 20.0. The minimum atomic E-state index is -4.74. The quantitative estimate of drug-likeness (QED) is 0.229. The molecule has 1 amide bonds. The van der Waals surface area contributed by atoms with Gasteiger partial charge < -0.3 is 10.7 Å². The van der Waals surface area contributed by atoms with E-state index in [0.717, 1.165) is 12.2 Å². The standard InChI is InChI=1S/C16H15N3O7S2.2K.2H/c1-19(16(20)14-5-10(17)8-18-14)11-3-2-9-4-12(27(21,22)23)7-15(13(9)6-11)28(24,25)26;;;;/h2-8,15H,17H2,1H3,(H2-,18,20,21,22,23,24,25,26);;;;/p+1. The molecule has 0 aromatic carbocycles. The summed E-state index contributed by atoms with van der Waals surface area (Å²) in [4.78, 5) is 14.6. The molecule has 0 saturated carbocycles. The van der Waals surface area contributed by atoms with Crippen molar-refractivity contribution in [3.63, 3.8) is 0 Å². The van der Waals surface area contributed by atoms with Gasteiger partial charge in [-0.15, -0.1) is 0 Å². The Morgan fingerprint density at radius 1 is 1.13 bits per heavy atom. The van der Waals surface area contributed by atoms with Crippen molar-refractivity contribution in [2.45, 2.75) is 5.25 Å². The summed E-state index contributed by atoms with van der Waals surface area (Å²) in [7, 11) is -7.97. The Kier molecular flexibility index (Phi) is 10.1. The molecule has 3 rings (SSSR count). The molecule has 0 radical (unpaired) electrons. The summed E-state index contributed by atoms with van der Waals surface area (Å²) in [6.07, 6.45) is 7.43. The van der Waals surface area contributed by atoms with E-state index in [-0.39, 0.29) is 120 Å². The maximum atomic E-state index is 12.5. The molecular formula is C16H18K2N3O7S2+. The van der Waals surface area contributed by atoms with Crippen LogP contribution >= 0.6 is 0 Å². The average molecular weight is 507 g/mol. The van der Waals surface area contributed by atoms with Gasteiger partial charge in [0.15, 0.2) is 5.69 Å². The van der Waals surface area contributed by atoms with Gasteiger partial charge in [0, 0.05) is 18.3 Å². The Labute approximate surface area is 258 Å². The summed E-state index contributed by atoms with van der Waals surface area (Å²) < 4.78 is 66.4. The van der Waals surface area contributed by atoms with Crippen LogP contribution in [0.3, 0.4) is 0 Å². The fraction of sp³-hybridized carbons (Fsp3) is 0.125. The summed E-state index contributed by atoms with van der Waals surface area (Å²) in [5, 5.41) is -1.73. The number of nitrogens with one attached hydrogen (secondary N) is 1. The van der Waals surface area contributed by atoms with E-state index in [4.69, 9.17) is 5.73 Å². The molecule has 0 aliphatic heterocycles. The molecule has 1 atom stereocenters. The first-order valence-electron chi connectivity index (χ1n) is 7.74. The van der Waals surface area contributed by atoms with Crippen LogP contribution in [0.15, 0.2) is 58.7 Å². The predicted molar refractivity (Wildman–Crippen MR) is 115 cm³/mol.